The molecule has 7 nitrogen and oxygen atoms in total. The summed E-state index contributed by atoms with van der Waals surface area (Å²) in [7, 11) is 0. The number of terminal acetylenes is 1. The van der Waals surface area contributed by atoms with Gasteiger partial charge in [0.2, 0.25) is 6.23 Å². The number of aliphatic hydroxyl groups excluding tert-OH is 2. The highest BCUT2D eigenvalue weighted by Crippen LogP contribution is 2.31. The zero-order chi connectivity index (χ0) is 14.9. The molecule has 108 valence electrons. The predicted molar refractivity (Wildman–Crippen MR) is 67.6 cm³/mol. The maximum absolute atomic E-state index is 12.2. The van der Waals surface area contributed by atoms with Crippen molar-refractivity contribution in [2.45, 2.75) is 31.8 Å². The van der Waals surface area contributed by atoms with Crippen LogP contribution in [0.15, 0.2) is 11.8 Å². The number of ether oxygens (including phenoxy) is 1. The fourth-order valence-electron chi connectivity index (χ4n) is 2.51. The second-order valence-electron chi connectivity index (χ2n) is 4.98. The van der Waals surface area contributed by atoms with Crippen LogP contribution >= 0.6 is 0 Å². The first kappa shape index (κ1) is 14.7. The summed E-state index contributed by atoms with van der Waals surface area (Å²) in [5.74, 6) is 1.93. The van der Waals surface area contributed by atoms with E-state index in [4.69, 9.17) is 16.3 Å². The number of rotatable bonds is 3. The van der Waals surface area contributed by atoms with E-state index in [-0.39, 0.29) is 19.6 Å². The van der Waals surface area contributed by atoms with E-state index in [0.717, 1.165) is 0 Å². The molecule has 3 N–H and O–H groups in total. The van der Waals surface area contributed by atoms with E-state index in [2.05, 4.69) is 11.2 Å². The minimum atomic E-state index is -0.878. The minimum absolute atomic E-state index is 0.00795. The molecule has 20 heavy (non-hydrogen) atoms. The Labute approximate surface area is 116 Å². The molecule has 2 aliphatic heterocycles. The number of nitrogens with one attached hydrogen (secondary N) is 1. The molecule has 0 bridgehead atoms. The van der Waals surface area contributed by atoms with Gasteiger partial charge in [0.05, 0.1) is 24.7 Å². The minimum Gasteiger partial charge on any atom is -0.394 e. The first-order valence-electron chi connectivity index (χ1n) is 6.25. The summed E-state index contributed by atoms with van der Waals surface area (Å²) in [6.45, 7) is 1.21. The van der Waals surface area contributed by atoms with Gasteiger partial charge in [-0.05, 0) is 12.8 Å². The third-order valence-corrected chi connectivity index (χ3v) is 3.63. The molecule has 0 aromatic rings. The van der Waals surface area contributed by atoms with Crippen molar-refractivity contribution in [3.63, 3.8) is 0 Å². The van der Waals surface area contributed by atoms with Gasteiger partial charge in [-0.25, -0.2) is 10.1 Å². The average molecular weight is 281 g/mol. The van der Waals surface area contributed by atoms with Crippen LogP contribution in [0.4, 0.5) is 4.79 Å². The Balaban J connectivity index is 2.39. The zero-order valence-corrected chi connectivity index (χ0v) is 11.1. The van der Waals surface area contributed by atoms with E-state index < -0.39 is 34.9 Å². The Bertz CT molecular complexity index is 509. The summed E-state index contributed by atoms with van der Waals surface area (Å²) in [5.41, 5.74) is 0.352. The summed E-state index contributed by atoms with van der Waals surface area (Å²) in [4.78, 5) is 23.7. The monoisotopic (exact) mass is 281 g/mol. The van der Waals surface area contributed by atoms with Crippen LogP contribution in [0.3, 0.4) is 0 Å². The molecule has 2 heterocycles. The number of aliphatic hydroxyl groups is 2. The van der Waals surface area contributed by atoms with E-state index in [9.17, 15) is 14.7 Å². The normalized spacial score (nSPS) is 37.3. The van der Waals surface area contributed by atoms with Crippen LogP contribution in [0.25, 0.3) is 0 Å². The van der Waals surface area contributed by atoms with Crippen molar-refractivity contribution in [3.8, 4) is 12.3 Å². The van der Waals surface area contributed by atoms with Crippen molar-refractivity contribution in [2.75, 3.05) is 13.2 Å². The van der Waals surface area contributed by atoms with Crippen molar-refractivity contribution in [1.82, 2.24) is 5.32 Å². The second-order valence-corrected chi connectivity index (χ2v) is 4.98. The van der Waals surface area contributed by atoms with E-state index in [1.165, 1.54) is 6.20 Å². The first-order chi connectivity index (χ1) is 9.44. The number of carbonyl (C=O) groups is 2. The first-order valence-corrected chi connectivity index (χ1v) is 6.25. The molecule has 0 aliphatic carbocycles. The van der Waals surface area contributed by atoms with Gasteiger partial charge in [0.25, 0.3) is 5.91 Å². The quantitative estimate of drug-likeness (QED) is 0.458. The molecular weight excluding hydrogens is 264 g/mol. The Hall–Kier alpha value is -1.72. The molecule has 0 aromatic heterocycles. The van der Waals surface area contributed by atoms with Crippen LogP contribution in [-0.2, 0) is 9.53 Å². The summed E-state index contributed by atoms with van der Waals surface area (Å²) >= 11 is 0. The van der Waals surface area contributed by atoms with E-state index in [1.54, 1.807) is 6.92 Å². The lowest BCUT2D eigenvalue weighted by Crippen LogP contribution is -2.63. The van der Waals surface area contributed by atoms with Gasteiger partial charge in [0, 0.05) is 0 Å². The van der Waals surface area contributed by atoms with Gasteiger partial charge in [0.1, 0.15) is 12.3 Å². The van der Waals surface area contributed by atoms with Crippen molar-refractivity contribution in [2.24, 2.45) is 0 Å². The Kier molecular flexibility index (Phi) is 3.92. The van der Waals surface area contributed by atoms with Crippen molar-refractivity contribution < 1.29 is 29.0 Å². The number of carbonyl (C=O) groups excluding carboxylic acids is 2. The van der Waals surface area contributed by atoms with Gasteiger partial charge in [0.15, 0.2) is 6.54 Å². The van der Waals surface area contributed by atoms with Crippen LogP contribution in [0, 0.1) is 12.3 Å². The molecular formula is C13H17N2O5+. The van der Waals surface area contributed by atoms with Crippen LogP contribution in [-0.4, -0.2) is 58.2 Å². The van der Waals surface area contributed by atoms with Crippen LogP contribution < -0.4 is 5.32 Å². The number of imide groups is 1. The molecule has 2 rings (SSSR count). The van der Waals surface area contributed by atoms with Gasteiger partial charge in [-0.15, -0.1) is 6.42 Å². The van der Waals surface area contributed by atoms with Crippen molar-refractivity contribution >= 4 is 11.9 Å². The number of hydrogen-bond donors (Lipinski definition) is 3. The number of amides is 3. The fraction of sp³-hybridized carbons (Fsp3) is 0.538. The Morgan fingerprint density at radius 1 is 1.60 bits per heavy atom. The molecule has 0 saturated carbocycles. The third-order valence-electron chi connectivity index (χ3n) is 3.63. The Morgan fingerprint density at radius 3 is 2.85 bits per heavy atom. The fourth-order valence-corrected chi connectivity index (χ4v) is 2.51. The maximum Gasteiger partial charge on any atom is 0.431 e. The summed E-state index contributed by atoms with van der Waals surface area (Å²) in [6, 6.07) is -0.589. The van der Waals surface area contributed by atoms with Gasteiger partial charge in [-0.3, -0.25) is 4.79 Å². The molecule has 0 aromatic carbocycles. The van der Waals surface area contributed by atoms with Crippen LogP contribution in [0.1, 0.15) is 13.3 Å². The average Bonchev–Trinajstić information content (AvgIpc) is 2.78. The molecule has 1 unspecified atom stereocenters. The maximum atomic E-state index is 12.2. The van der Waals surface area contributed by atoms with Crippen molar-refractivity contribution in [3.05, 3.63) is 11.8 Å². The largest absolute Gasteiger partial charge is 0.431 e. The third kappa shape index (κ3) is 2.23. The number of quaternary nitrogens is 1. The molecule has 2 aliphatic rings. The zero-order valence-electron chi connectivity index (χ0n) is 11.1. The SMILES string of the molecule is C#CC[N+]1([C@H]2C[C@H](O)[C@@H](CO)O2)C=C(C)C(=O)NC1=O. The molecule has 0 radical (unpaired) electrons. The van der Waals surface area contributed by atoms with E-state index in [1.807, 2.05) is 0 Å². The van der Waals surface area contributed by atoms with Crippen LogP contribution in [0.2, 0.25) is 0 Å². The second kappa shape index (κ2) is 5.34. The Morgan fingerprint density at radius 2 is 2.30 bits per heavy atom. The summed E-state index contributed by atoms with van der Waals surface area (Å²) < 4.78 is 5.13. The van der Waals surface area contributed by atoms with Gasteiger partial charge in [-0.2, -0.15) is 4.48 Å². The lowest BCUT2D eigenvalue weighted by molar-refractivity contribution is -0.845. The molecule has 0 spiro atoms. The molecule has 4 atom stereocenters. The highest BCUT2D eigenvalue weighted by molar-refractivity contribution is 6.03. The molecule has 1 fully saturated rings. The van der Waals surface area contributed by atoms with E-state index in [0.29, 0.717) is 5.57 Å². The molecule has 7 heteroatoms. The topological polar surface area (TPSA) is 95.9 Å². The standard InChI is InChI=1S/C13H16N2O5/c1-3-4-15(6-8(2)12(18)14-13(15)19)11-5-9(17)10(7-16)20-11/h1,6,9-11,16-17H,4-5,7H2,2H3/p+1/t9-,10+,11+,15?/m0/s1. The number of nitrogens with zero attached hydrogens (tertiary/aromatic N) is 1. The van der Waals surface area contributed by atoms with Crippen LogP contribution in [0.5, 0.6) is 0 Å². The van der Waals surface area contributed by atoms with Crippen molar-refractivity contribution in [1.29, 1.82) is 0 Å². The van der Waals surface area contributed by atoms with Gasteiger partial charge in [-0.1, -0.05) is 0 Å². The molecule has 3 amide bonds. The predicted octanol–water partition coefficient (Wildman–Crippen LogP) is -0.942. The van der Waals surface area contributed by atoms with Gasteiger partial charge >= 0.3 is 6.03 Å². The number of urea groups is 1. The lowest BCUT2D eigenvalue weighted by atomic mass is 10.1. The van der Waals surface area contributed by atoms with E-state index >= 15 is 0 Å². The molecule has 1 saturated heterocycles. The summed E-state index contributed by atoms with van der Waals surface area (Å²) in [5, 5.41) is 21.2. The number of hydrogen-bond acceptors (Lipinski definition) is 5. The lowest BCUT2D eigenvalue weighted by Gasteiger charge is -2.37. The smallest absolute Gasteiger partial charge is 0.394 e. The highest BCUT2D eigenvalue weighted by atomic mass is 16.5. The van der Waals surface area contributed by atoms with Gasteiger partial charge < -0.3 is 14.9 Å². The summed E-state index contributed by atoms with van der Waals surface area (Å²) in [6.07, 6.45) is 4.57. The highest BCUT2D eigenvalue weighted by Gasteiger charge is 2.53.